The second-order valence-electron chi connectivity index (χ2n) is 6.66. The standard InChI is InChI=1S/C25H21N/c1-18-16-25(17-19(2)26-18)24-14-12-23(13-15-24)22-10-8-21(9-11-22)20-6-4-3-5-7-20/h3-17H,1-2H3. The summed E-state index contributed by atoms with van der Waals surface area (Å²) in [4.78, 5) is 4.46. The predicted molar refractivity (Wildman–Crippen MR) is 110 cm³/mol. The van der Waals surface area contributed by atoms with Gasteiger partial charge in [-0.3, -0.25) is 4.98 Å². The van der Waals surface area contributed by atoms with Gasteiger partial charge in [0.2, 0.25) is 0 Å². The third-order valence-corrected chi connectivity index (χ3v) is 4.63. The lowest BCUT2D eigenvalue weighted by atomic mass is 9.98. The van der Waals surface area contributed by atoms with Crippen molar-refractivity contribution in [2.45, 2.75) is 13.8 Å². The Bertz CT molecular complexity index is 994. The molecule has 0 saturated carbocycles. The van der Waals surface area contributed by atoms with E-state index in [2.05, 4.69) is 89.9 Å². The van der Waals surface area contributed by atoms with E-state index in [1.165, 1.54) is 33.4 Å². The van der Waals surface area contributed by atoms with Crippen molar-refractivity contribution in [3.8, 4) is 33.4 Å². The van der Waals surface area contributed by atoms with Crippen LogP contribution in [0.5, 0.6) is 0 Å². The molecule has 126 valence electrons. The zero-order valence-electron chi connectivity index (χ0n) is 15.1. The average Bonchev–Trinajstić information content (AvgIpc) is 2.68. The van der Waals surface area contributed by atoms with Crippen molar-refractivity contribution in [3.05, 3.63) is 102 Å². The van der Waals surface area contributed by atoms with E-state index in [1.54, 1.807) is 0 Å². The zero-order chi connectivity index (χ0) is 17.9. The van der Waals surface area contributed by atoms with Crippen molar-refractivity contribution in [3.63, 3.8) is 0 Å². The SMILES string of the molecule is Cc1cc(-c2ccc(-c3ccc(-c4ccccc4)cc3)cc2)cc(C)n1. The van der Waals surface area contributed by atoms with E-state index in [9.17, 15) is 0 Å². The van der Waals surface area contributed by atoms with Crippen LogP contribution in [0.25, 0.3) is 33.4 Å². The summed E-state index contributed by atoms with van der Waals surface area (Å²) in [6.07, 6.45) is 0. The van der Waals surface area contributed by atoms with Gasteiger partial charge in [-0.05, 0) is 59.4 Å². The number of aryl methyl sites for hydroxylation is 2. The molecule has 0 radical (unpaired) electrons. The monoisotopic (exact) mass is 335 g/mol. The molecule has 3 aromatic carbocycles. The number of hydrogen-bond donors (Lipinski definition) is 0. The van der Waals surface area contributed by atoms with Crippen LogP contribution in [0, 0.1) is 13.8 Å². The Morgan fingerprint density at radius 2 is 0.769 bits per heavy atom. The first-order chi connectivity index (χ1) is 12.7. The smallest absolute Gasteiger partial charge is 0.0382 e. The molecule has 4 aromatic rings. The highest BCUT2D eigenvalue weighted by Crippen LogP contribution is 2.27. The van der Waals surface area contributed by atoms with Crippen molar-refractivity contribution in [2.75, 3.05) is 0 Å². The molecule has 0 atom stereocenters. The van der Waals surface area contributed by atoms with Gasteiger partial charge >= 0.3 is 0 Å². The van der Waals surface area contributed by atoms with Gasteiger partial charge in [-0.25, -0.2) is 0 Å². The van der Waals surface area contributed by atoms with Gasteiger partial charge in [0.25, 0.3) is 0 Å². The Kier molecular flexibility index (Phi) is 4.37. The lowest BCUT2D eigenvalue weighted by Crippen LogP contribution is -1.88. The zero-order valence-corrected chi connectivity index (χ0v) is 15.1. The van der Waals surface area contributed by atoms with Crippen LogP contribution in [0.15, 0.2) is 91.0 Å². The number of benzene rings is 3. The van der Waals surface area contributed by atoms with Crippen LogP contribution < -0.4 is 0 Å². The van der Waals surface area contributed by atoms with Crippen LogP contribution in [-0.4, -0.2) is 4.98 Å². The van der Waals surface area contributed by atoms with Gasteiger partial charge in [-0.2, -0.15) is 0 Å². The minimum Gasteiger partial charge on any atom is -0.258 e. The molecule has 0 spiro atoms. The Hall–Kier alpha value is -3.19. The van der Waals surface area contributed by atoms with Gasteiger partial charge in [0, 0.05) is 11.4 Å². The van der Waals surface area contributed by atoms with E-state index in [-0.39, 0.29) is 0 Å². The van der Waals surface area contributed by atoms with E-state index in [0.717, 1.165) is 11.4 Å². The summed E-state index contributed by atoms with van der Waals surface area (Å²) < 4.78 is 0. The highest BCUT2D eigenvalue weighted by Gasteiger charge is 2.03. The Balaban J connectivity index is 1.61. The second-order valence-corrected chi connectivity index (χ2v) is 6.66. The quantitative estimate of drug-likeness (QED) is 0.406. The third kappa shape index (κ3) is 3.43. The molecule has 0 saturated heterocycles. The van der Waals surface area contributed by atoms with Gasteiger partial charge in [-0.1, -0.05) is 78.9 Å². The summed E-state index contributed by atoms with van der Waals surface area (Å²) in [5.74, 6) is 0. The summed E-state index contributed by atoms with van der Waals surface area (Å²) in [6.45, 7) is 4.08. The lowest BCUT2D eigenvalue weighted by Gasteiger charge is -2.08. The molecule has 0 aliphatic heterocycles. The molecule has 0 aliphatic rings. The summed E-state index contributed by atoms with van der Waals surface area (Å²) in [6, 6.07) is 32.3. The minimum atomic E-state index is 1.06. The van der Waals surface area contributed by atoms with E-state index in [0.29, 0.717) is 0 Å². The first-order valence-corrected chi connectivity index (χ1v) is 8.91. The highest BCUT2D eigenvalue weighted by atomic mass is 14.7. The van der Waals surface area contributed by atoms with Crippen molar-refractivity contribution in [2.24, 2.45) is 0 Å². The average molecular weight is 335 g/mol. The summed E-state index contributed by atoms with van der Waals surface area (Å²) >= 11 is 0. The van der Waals surface area contributed by atoms with Crippen LogP contribution >= 0.6 is 0 Å². The normalized spacial score (nSPS) is 10.7. The third-order valence-electron chi connectivity index (χ3n) is 4.63. The van der Waals surface area contributed by atoms with Crippen LogP contribution in [0.4, 0.5) is 0 Å². The summed E-state index contributed by atoms with van der Waals surface area (Å²) in [5, 5.41) is 0. The van der Waals surface area contributed by atoms with Crippen molar-refractivity contribution < 1.29 is 0 Å². The lowest BCUT2D eigenvalue weighted by molar-refractivity contribution is 1.12. The Morgan fingerprint density at radius 3 is 1.19 bits per heavy atom. The predicted octanol–water partition coefficient (Wildman–Crippen LogP) is 6.70. The first-order valence-electron chi connectivity index (χ1n) is 8.91. The van der Waals surface area contributed by atoms with Crippen LogP contribution in [0.3, 0.4) is 0 Å². The van der Waals surface area contributed by atoms with E-state index >= 15 is 0 Å². The van der Waals surface area contributed by atoms with Crippen LogP contribution in [0.2, 0.25) is 0 Å². The van der Waals surface area contributed by atoms with E-state index in [4.69, 9.17) is 0 Å². The van der Waals surface area contributed by atoms with Crippen molar-refractivity contribution in [1.82, 2.24) is 4.98 Å². The summed E-state index contributed by atoms with van der Waals surface area (Å²) in [7, 11) is 0. The number of aromatic nitrogens is 1. The minimum absolute atomic E-state index is 1.06. The van der Waals surface area contributed by atoms with Gasteiger partial charge in [0.05, 0.1) is 0 Å². The molecule has 0 unspecified atom stereocenters. The van der Waals surface area contributed by atoms with E-state index in [1.807, 2.05) is 19.9 Å². The largest absolute Gasteiger partial charge is 0.258 e. The fraction of sp³-hybridized carbons (Fsp3) is 0.0800. The highest BCUT2D eigenvalue weighted by molar-refractivity contribution is 5.73. The molecular formula is C25H21N. The molecule has 0 aliphatic carbocycles. The van der Waals surface area contributed by atoms with Crippen LogP contribution in [-0.2, 0) is 0 Å². The van der Waals surface area contributed by atoms with Crippen LogP contribution in [0.1, 0.15) is 11.4 Å². The molecule has 0 N–H and O–H groups in total. The molecule has 0 bridgehead atoms. The molecule has 0 fully saturated rings. The maximum atomic E-state index is 4.46. The molecule has 1 nitrogen and oxygen atoms in total. The van der Waals surface area contributed by atoms with Gasteiger partial charge < -0.3 is 0 Å². The van der Waals surface area contributed by atoms with Gasteiger partial charge in [-0.15, -0.1) is 0 Å². The number of hydrogen-bond acceptors (Lipinski definition) is 1. The topological polar surface area (TPSA) is 12.9 Å². The molecule has 1 heterocycles. The molecule has 26 heavy (non-hydrogen) atoms. The summed E-state index contributed by atoms with van der Waals surface area (Å²) in [5.41, 5.74) is 9.52. The van der Waals surface area contributed by atoms with Gasteiger partial charge in [0.1, 0.15) is 0 Å². The fourth-order valence-corrected chi connectivity index (χ4v) is 3.34. The molecule has 1 heteroatoms. The Morgan fingerprint density at radius 1 is 0.423 bits per heavy atom. The second kappa shape index (κ2) is 6.97. The van der Waals surface area contributed by atoms with Crippen molar-refractivity contribution >= 4 is 0 Å². The first kappa shape index (κ1) is 16.3. The fourth-order valence-electron chi connectivity index (χ4n) is 3.34. The maximum Gasteiger partial charge on any atom is 0.0382 e. The van der Waals surface area contributed by atoms with E-state index < -0.39 is 0 Å². The molecule has 4 rings (SSSR count). The molecule has 1 aromatic heterocycles. The number of nitrogens with zero attached hydrogens (tertiary/aromatic N) is 1. The Labute approximate surface area is 155 Å². The van der Waals surface area contributed by atoms with Gasteiger partial charge in [0.15, 0.2) is 0 Å². The maximum absolute atomic E-state index is 4.46. The van der Waals surface area contributed by atoms with Crippen molar-refractivity contribution in [1.29, 1.82) is 0 Å². The molecule has 0 amide bonds. The number of rotatable bonds is 3. The molecular weight excluding hydrogens is 314 g/mol. The number of pyridine rings is 1.